The van der Waals surface area contributed by atoms with Crippen LogP contribution in [-0.4, -0.2) is 37.9 Å². The lowest BCUT2D eigenvalue weighted by Gasteiger charge is -2.18. The second-order valence-electron chi connectivity index (χ2n) is 6.54. The fourth-order valence-electron chi connectivity index (χ4n) is 3.37. The van der Waals surface area contributed by atoms with Gasteiger partial charge in [-0.1, -0.05) is 11.6 Å². The molecule has 3 aromatic rings. The van der Waals surface area contributed by atoms with E-state index < -0.39 is 0 Å². The van der Waals surface area contributed by atoms with Crippen LogP contribution in [0.4, 0.5) is 11.8 Å². The number of hydrogen-bond donors (Lipinski definition) is 2. The molecule has 3 aromatic heterocycles. The predicted molar refractivity (Wildman–Crippen MR) is 109 cm³/mol. The number of nitrogens with two attached hydrogens (primary N) is 1. The molecule has 1 aliphatic rings. The molecule has 0 spiro atoms. The van der Waals surface area contributed by atoms with Gasteiger partial charge >= 0.3 is 0 Å². The van der Waals surface area contributed by atoms with E-state index in [-0.39, 0.29) is 23.6 Å². The zero-order valence-corrected chi connectivity index (χ0v) is 16.8. The van der Waals surface area contributed by atoms with Crippen LogP contribution in [0.1, 0.15) is 28.2 Å². The standard InChI is InChI=1S/C19H18ClN7O2/c1-9-7-24-12(10(2)15(9)29-3)8-27-17-14(16(20)25-19(21)26-17)11(18(27)28)6-13-22-4-5-23-13/h4-7H,8H2,1-3H3,(H,22,23)(H2,21,25,26)/b11-6-. The first kappa shape index (κ1) is 18.9. The molecule has 29 heavy (non-hydrogen) atoms. The fraction of sp³-hybridized carbons (Fsp3) is 0.211. The molecular formula is C19H18ClN7O2. The number of methoxy groups -OCH3 is 1. The summed E-state index contributed by atoms with van der Waals surface area (Å²) in [6.45, 7) is 3.99. The van der Waals surface area contributed by atoms with Gasteiger partial charge in [-0.15, -0.1) is 0 Å². The molecular weight excluding hydrogens is 394 g/mol. The third-order valence-corrected chi connectivity index (χ3v) is 5.00. The molecule has 148 valence electrons. The number of aromatic amines is 1. The summed E-state index contributed by atoms with van der Waals surface area (Å²) in [6.07, 6.45) is 6.58. The second-order valence-corrected chi connectivity index (χ2v) is 6.90. The molecule has 3 N–H and O–H groups in total. The number of anilines is 2. The number of aromatic nitrogens is 5. The minimum absolute atomic E-state index is 0.0167. The highest BCUT2D eigenvalue weighted by Crippen LogP contribution is 2.41. The predicted octanol–water partition coefficient (Wildman–Crippen LogP) is 2.54. The van der Waals surface area contributed by atoms with E-state index in [2.05, 4.69) is 24.9 Å². The summed E-state index contributed by atoms with van der Waals surface area (Å²) in [7, 11) is 1.60. The minimum Gasteiger partial charge on any atom is -0.496 e. The molecule has 0 bridgehead atoms. The van der Waals surface area contributed by atoms with Crippen molar-refractivity contribution in [1.29, 1.82) is 0 Å². The molecule has 0 fully saturated rings. The maximum absolute atomic E-state index is 13.3. The Morgan fingerprint density at radius 2 is 2.10 bits per heavy atom. The van der Waals surface area contributed by atoms with E-state index in [0.29, 0.717) is 28.5 Å². The molecule has 10 heteroatoms. The van der Waals surface area contributed by atoms with Crippen molar-refractivity contribution < 1.29 is 9.53 Å². The first-order valence-electron chi connectivity index (χ1n) is 8.76. The maximum Gasteiger partial charge on any atom is 0.260 e. The van der Waals surface area contributed by atoms with Gasteiger partial charge < -0.3 is 15.5 Å². The van der Waals surface area contributed by atoms with E-state index in [1.807, 2.05) is 13.8 Å². The highest BCUT2D eigenvalue weighted by atomic mass is 35.5. The molecule has 1 aliphatic heterocycles. The summed E-state index contributed by atoms with van der Waals surface area (Å²) >= 11 is 6.33. The summed E-state index contributed by atoms with van der Waals surface area (Å²) in [5.41, 5.74) is 8.98. The number of nitrogens with one attached hydrogen (secondary N) is 1. The van der Waals surface area contributed by atoms with Crippen LogP contribution in [0.2, 0.25) is 5.15 Å². The van der Waals surface area contributed by atoms with E-state index in [0.717, 1.165) is 16.9 Å². The van der Waals surface area contributed by atoms with E-state index in [1.54, 1.807) is 31.8 Å². The fourth-order valence-corrected chi connectivity index (χ4v) is 3.64. The zero-order valence-electron chi connectivity index (χ0n) is 16.0. The topological polar surface area (TPSA) is 123 Å². The molecule has 0 saturated heterocycles. The number of carbonyl (C=O) groups is 1. The number of imidazole rings is 1. The molecule has 0 aliphatic carbocycles. The Kier molecular flexibility index (Phi) is 4.67. The lowest BCUT2D eigenvalue weighted by atomic mass is 10.1. The maximum atomic E-state index is 13.3. The molecule has 4 rings (SSSR count). The molecule has 4 heterocycles. The first-order valence-corrected chi connectivity index (χ1v) is 9.14. The van der Waals surface area contributed by atoms with Gasteiger partial charge in [-0.05, 0) is 19.9 Å². The van der Waals surface area contributed by atoms with Crippen molar-refractivity contribution in [2.45, 2.75) is 20.4 Å². The number of ether oxygens (including phenoxy) is 1. The molecule has 0 saturated carbocycles. The van der Waals surface area contributed by atoms with Crippen LogP contribution in [0.5, 0.6) is 5.75 Å². The monoisotopic (exact) mass is 411 g/mol. The average Bonchev–Trinajstić information content (AvgIpc) is 3.27. The molecule has 0 unspecified atom stereocenters. The van der Waals surface area contributed by atoms with Gasteiger partial charge in [-0.25, -0.2) is 9.97 Å². The van der Waals surface area contributed by atoms with Crippen LogP contribution in [0.15, 0.2) is 18.6 Å². The van der Waals surface area contributed by atoms with E-state index in [4.69, 9.17) is 22.1 Å². The summed E-state index contributed by atoms with van der Waals surface area (Å²) < 4.78 is 5.47. The largest absolute Gasteiger partial charge is 0.496 e. The highest BCUT2D eigenvalue weighted by Gasteiger charge is 2.37. The average molecular weight is 412 g/mol. The Morgan fingerprint density at radius 1 is 1.31 bits per heavy atom. The van der Waals surface area contributed by atoms with Gasteiger partial charge in [-0.3, -0.25) is 14.7 Å². The third-order valence-electron chi connectivity index (χ3n) is 4.72. The normalized spacial score (nSPS) is 14.6. The van der Waals surface area contributed by atoms with Crippen LogP contribution < -0.4 is 15.4 Å². The Labute approximate surface area is 171 Å². The Balaban J connectivity index is 1.83. The third kappa shape index (κ3) is 3.19. The number of aryl methyl sites for hydroxylation is 1. The first-order chi connectivity index (χ1) is 13.9. The SMILES string of the molecule is COc1c(C)cnc(CN2C(=O)/C(=C\c3ncc[nH]3)c3c(Cl)nc(N)nc32)c1C. The zero-order chi connectivity index (χ0) is 20.7. The van der Waals surface area contributed by atoms with Gasteiger partial charge in [-0.2, -0.15) is 4.98 Å². The second kappa shape index (κ2) is 7.17. The van der Waals surface area contributed by atoms with Gasteiger partial charge in [0.1, 0.15) is 16.7 Å². The number of nitrogens with zero attached hydrogens (tertiary/aromatic N) is 5. The number of hydrogen-bond acceptors (Lipinski definition) is 7. The van der Waals surface area contributed by atoms with Gasteiger partial charge in [0.2, 0.25) is 5.95 Å². The Morgan fingerprint density at radius 3 is 2.79 bits per heavy atom. The number of halogens is 1. The Bertz CT molecular complexity index is 1140. The lowest BCUT2D eigenvalue weighted by molar-refractivity contribution is -0.113. The molecule has 9 nitrogen and oxygen atoms in total. The molecule has 0 radical (unpaired) electrons. The number of amides is 1. The number of pyridine rings is 1. The minimum atomic E-state index is -0.293. The van der Waals surface area contributed by atoms with E-state index in [1.165, 1.54) is 4.90 Å². The van der Waals surface area contributed by atoms with Crippen molar-refractivity contribution in [1.82, 2.24) is 24.9 Å². The quantitative estimate of drug-likeness (QED) is 0.499. The van der Waals surface area contributed by atoms with Crippen LogP contribution >= 0.6 is 11.6 Å². The highest BCUT2D eigenvalue weighted by molar-refractivity contribution is 6.41. The van der Waals surface area contributed by atoms with Crippen molar-refractivity contribution in [2.24, 2.45) is 0 Å². The number of carbonyl (C=O) groups excluding carboxylic acids is 1. The van der Waals surface area contributed by atoms with Crippen molar-refractivity contribution in [3.8, 4) is 5.75 Å². The van der Waals surface area contributed by atoms with Gasteiger partial charge in [0.25, 0.3) is 5.91 Å². The van der Waals surface area contributed by atoms with E-state index >= 15 is 0 Å². The summed E-state index contributed by atoms with van der Waals surface area (Å²) in [4.78, 5) is 34.6. The number of fused-ring (bicyclic) bond motifs is 1. The Hall–Kier alpha value is -3.46. The van der Waals surface area contributed by atoms with Crippen molar-refractivity contribution in [3.63, 3.8) is 0 Å². The van der Waals surface area contributed by atoms with Crippen LogP contribution in [0.3, 0.4) is 0 Å². The van der Waals surface area contributed by atoms with Crippen LogP contribution in [-0.2, 0) is 11.3 Å². The van der Waals surface area contributed by atoms with Gasteiger partial charge in [0.05, 0.1) is 30.5 Å². The van der Waals surface area contributed by atoms with Crippen molar-refractivity contribution in [2.75, 3.05) is 17.7 Å². The van der Waals surface area contributed by atoms with Crippen molar-refractivity contribution in [3.05, 3.63) is 52.0 Å². The van der Waals surface area contributed by atoms with Crippen LogP contribution in [0.25, 0.3) is 11.6 Å². The molecule has 1 amide bonds. The number of H-pyrrole nitrogens is 1. The molecule has 0 atom stereocenters. The number of rotatable bonds is 4. The van der Waals surface area contributed by atoms with Gasteiger partial charge in [0, 0.05) is 29.7 Å². The summed E-state index contributed by atoms with van der Waals surface area (Å²) in [5.74, 6) is 1.27. The van der Waals surface area contributed by atoms with Crippen molar-refractivity contribution >= 4 is 40.9 Å². The lowest BCUT2D eigenvalue weighted by Crippen LogP contribution is -2.27. The molecule has 0 aromatic carbocycles. The van der Waals surface area contributed by atoms with Gasteiger partial charge in [0.15, 0.2) is 5.82 Å². The van der Waals surface area contributed by atoms with Crippen LogP contribution in [0, 0.1) is 13.8 Å². The van der Waals surface area contributed by atoms with E-state index in [9.17, 15) is 4.79 Å². The summed E-state index contributed by atoms with van der Waals surface area (Å²) in [6, 6.07) is 0. The smallest absolute Gasteiger partial charge is 0.260 e. The summed E-state index contributed by atoms with van der Waals surface area (Å²) in [5, 5.41) is 0.104. The number of nitrogen functional groups attached to an aromatic ring is 1.